The summed E-state index contributed by atoms with van der Waals surface area (Å²) in [7, 11) is 0. The first-order chi connectivity index (χ1) is 11.1. The van der Waals surface area contributed by atoms with Crippen LogP contribution in [0.15, 0.2) is 30.3 Å². The van der Waals surface area contributed by atoms with Gasteiger partial charge in [0.2, 0.25) is 0 Å². The first-order valence-corrected chi connectivity index (χ1v) is 8.02. The number of amides is 1. The van der Waals surface area contributed by atoms with Crippen LogP contribution >= 0.6 is 11.6 Å². The zero-order valence-corrected chi connectivity index (χ0v) is 13.5. The number of morpholine rings is 1. The molecule has 2 N–H and O–H groups in total. The number of nitrogens with one attached hydrogen (secondary N) is 1. The maximum Gasteiger partial charge on any atom is 0.255 e. The van der Waals surface area contributed by atoms with Crippen LogP contribution < -0.4 is 5.32 Å². The summed E-state index contributed by atoms with van der Waals surface area (Å²) in [6.45, 7) is 4.55. The van der Waals surface area contributed by atoms with Gasteiger partial charge in [-0.2, -0.15) is 0 Å². The van der Waals surface area contributed by atoms with Crippen molar-refractivity contribution in [2.75, 3.05) is 39.4 Å². The molecule has 0 atom stereocenters. The molecular weight excluding hydrogens is 316 g/mol. The number of hydrogen-bond donors (Lipinski definition) is 2. The van der Waals surface area contributed by atoms with Crippen LogP contribution in [0.3, 0.4) is 0 Å². The maximum absolute atomic E-state index is 12.3. The molecule has 23 heavy (non-hydrogen) atoms. The van der Waals surface area contributed by atoms with E-state index in [1.807, 2.05) is 6.07 Å². The van der Waals surface area contributed by atoms with Gasteiger partial charge >= 0.3 is 0 Å². The fraction of sp³-hybridized carbons (Fsp3) is 0.353. The zero-order valence-electron chi connectivity index (χ0n) is 12.7. The minimum Gasteiger partial charge on any atom is -0.507 e. The predicted molar refractivity (Wildman–Crippen MR) is 90.2 cm³/mol. The van der Waals surface area contributed by atoms with Crippen molar-refractivity contribution in [2.45, 2.75) is 0 Å². The SMILES string of the molecule is O=C(NCCN1CCOCC1)c1cc2cc(Cl)ccc2cc1O. The third-order valence-electron chi connectivity index (χ3n) is 3.98. The monoisotopic (exact) mass is 334 g/mol. The number of benzene rings is 2. The van der Waals surface area contributed by atoms with E-state index in [4.69, 9.17) is 16.3 Å². The average molecular weight is 335 g/mol. The summed E-state index contributed by atoms with van der Waals surface area (Å²) in [4.78, 5) is 14.5. The van der Waals surface area contributed by atoms with Crippen LogP contribution in [0.1, 0.15) is 10.4 Å². The molecule has 2 aromatic carbocycles. The largest absolute Gasteiger partial charge is 0.507 e. The number of carbonyl (C=O) groups is 1. The normalized spacial score (nSPS) is 15.7. The number of halogens is 1. The topological polar surface area (TPSA) is 61.8 Å². The first kappa shape index (κ1) is 16.1. The van der Waals surface area contributed by atoms with Crippen LogP contribution in [0, 0.1) is 0 Å². The molecule has 0 saturated carbocycles. The number of aromatic hydroxyl groups is 1. The van der Waals surface area contributed by atoms with E-state index in [-0.39, 0.29) is 17.2 Å². The lowest BCUT2D eigenvalue weighted by molar-refractivity contribution is 0.0383. The van der Waals surface area contributed by atoms with Crippen LogP contribution in [0.2, 0.25) is 5.02 Å². The molecule has 0 aliphatic carbocycles. The Morgan fingerprint density at radius 2 is 2.00 bits per heavy atom. The van der Waals surface area contributed by atoms with Crippen molar-refractivity contribution in [1.82, 2.24) is 10.2 Å². The lowest BCUT2D eigenvalue weighted by Crippen LogP contribution is -2.41. The minimum absolute atomic E-state index is 0.0244. The zero-order chi connectivity index (χ0) is 16.2. The first-order valence-electron chi connectivity index (χ1n) is 7.64. The summed E-state index contributed by atoms with van der Waals surface area (Å²) in [5.74, 6) is -0.304. The number of rotatable bonds is 4. The Labute approximate surface area is 139 Å². The molecule has 0 radical (unpaired) electrons. The Bertz CT molecular complexity index is 714. The lowest BCUT2D eigenvalue weighted by Gasteiger charge is -2.26. The smallest absolute Gasteiger partial charge is 0.255 e. The third-order valence-corrected chi connectivity index (χ3v) is 4.21. The Morgan fingerprint density at radius 1 is 1.22 bits per heavy atom. The Kier molecular flexibility index (Phi) is 5.00. The van der Waals surface area contributed by atoms with Gasteiger partial charge in [-0.1, -0.05) is 17.7 Å². The molecule has 1 aliphatic rings. The van der Waals surface area contributed by atoms with Crippen LogP contribution in [0.25, 0.3) is 10.8 Å². The van der Waals surface area contributed by atoms with Crippen LogP contribution in [-0.2, 0) is 4.74 Å². The summed E-state index contributed by atoms with van der Waals surface area (Å²) < 4.78 is 5.29. The minimum atomic E-state index is -0.280. The fourth-order valence-corrected chi connectivity index (χ4v) is 2.87. The number of carbonyl (C=O) groups excluding carboxylic acids is 1. The van der Waals surface area contributed by atoms with Gasteiger partial charge in [-0.05, 0) is 35.0 Å². The van der Waals surface area contributed by atoms with Gasteiger partial charge in [0.1, 0.15) is 5.75 Å². The summed E-state index contributed by atoms with van der Waals surface area (Å²) in [6, 6.07) is 8.60. The fourth-order valence-electron chi connectivity index (χ4n) is 2.69. The van der Waals surface area contributed by atoms with Crippen LogP contribution in [0.4, 0.5) is 0 Å². The van der Waals surface area contributed by atoms with Crippen molar-refractivity contribution in [2.24, 2.45) is 0 Å². The average Bonchev–Trinajstić information content (AvgIpc) is 2.55. The highest BCUT2D eigenvalue weighted by atomic mass is 35.5. The van der Waals surface area contributed by atoms with Gasteiger partial charge in [0, 0.05) is 31.2 Å². The van der Waals surface area contributed by atoms with Crippen molar-refractivity contribution < 1.29 is 14.6 Å². The van der Waals surface area contributed by atoms with E-state index in [0.717, 1.165) is 43.6 Å². The molecule has 0 spiro atoms. The number of phenolic OH excluding ortho intramolecular Hbond substituents is 1. The van der Waals surface area contributed by atoms with E-state index in [9.17, 15) is 9.90 Å². The predicted octanol–water partition coefficient (Wildman–Crippen LogP) is 2.26. The highest BCUT2D eigenvalue weighted by Gasteiger charge is 2.14. The van der Waals surface area contributed by atoms with Gasteiger partial charge < -0.3 is 15.2 Å². The summed E-state index contributed by atoms with van der Waals surface area (Å²) in [5, 5.41) is 15.2. The van der Waals surface area contributed by atoms with E-state index in [1.54, 1.807) is 24.3 Å². The highest BCUT2D eigenvalue weighted by Crippen LogP contribution is 2.27. The summed E-state index contributed by atoms with van der Waals surface area (Å²) in [6.07, 6.45) is 0. The van der Waals surface area contributed by atoms with Crippen LogP contribution in [0.5, 0.6) is 5.75 Å². The number of phenols is 1. The second-order valence-corrected chi connectivity index (χ2v) is 6.01. The summed E-state index contributed by atoms with van der Waals surface area (Å²) in [5.41, 5.74) is 0.266. The van der Waals surface area contributed by atoms with E-state index in [1.165, 1.54) is 0 Å². The second-order valence-electron chi connectivity index (χ2n) is 5.57. The van der Waals surface area contributed by atoms with Gasteiger partial charge in [-0.25, -0.2) is 0 Å². The van der Waals surface area contributed by atoms with Gasteiger partial charge in [-0.3, -0.25) is 9.69 Å². The van der Waals surface area contributed by atoms with Gasteiger partial charge in [-0.15, -0.1) is 0 Å². The second kappa shape index (κ2) is 7.17. The molecule has 1 aliphatic heterocycles. The molecule has 2 aromatic rings. The van der Waals surface area contributed by atoms with E-state index >= 15 is 0 Å². The molecule has 1 fully saturated rings. The van der Waals surface area contributed by atoms with E-state index in [0.29, 0.717) is 11.6 Å². The third kappa shape index (κ3) is 3.93. The number of nitrogens with zero attached hydrogens (tertiary/aromatic N) is 1. The Hall–Kier alpha value is -1.82. The number of ether oxygens (including phenoxy) is 1. The van der Waals surface area contributed by atoms with Gasteiger partial charge in [0.05, 0.1) is 18.8 Å². The lowest BCUT2D eigenvalue weighted by atomic mass is 10.1. The molecule has 0 unspecified atom stereocenters. The molecule has 1 heterocycles. The van der Waals surface area contributed by atoms with Crippen LogP contribution in [-0.4, -0.2) is 55.3 Å². The van der Waals surface area contributed by atoms with E-state index < -0.39 is 0 Å². The highest BCUT2D eigenvalue weighted by molar-refractivity contribution is 6.31. The molecule has 0 aromatic heterocycles. The molecule has 1 saturated heterocycles. The molecule has 1 amide bonds. The Balaban J connectivity index is 1.66. The quantitative estimate of drug-likeness (QED) is 0.900. The van der Waals surface area contributed by atoms with Crippen molar-refractivity contribution in [3.63, 3.8) is 0 Å². The Morgan fingerprint density at radius 3 is 2.78 bits per heavy atom. The molecule has 0 bridgehead atoms. The molecule has 122 valence electrons. The molecule has 6 heteroatoms. The summed E-state index contributed by atoms with van der Waals surface area (Å²) >= 11 is 5.98. The van der Waals surface area contributed by atoms with Crippen molar-refractivity contribution in [1.29, 1.82) is 0 Å². The molecule has 3 rings (SSSR count). The maximum atomic E-state index is 12.3. The number of fused-ring (bicyclic) bond motifs is 1. The molecular formula is C17H19ClN2O3. The van der Waals surface area contributed by atoms with Gasteiger partial charge in [0.25, 0.3) is 5.91 Å². The van der Waals surface area contributed by atoms with Crippen molar-refractivity contribution in [3.05, 3.63) is 40.9 Å². The van der Waals surface area contributed by atoms with Crippen molar-refractivity contribution >= 4 is 28.3 Å². The number of hydrogen-bond acceptors (Lipinski definition) is 4. The molecule has 5 nitrogen and oxygen atoms in total. The standard InChI is InChI=1S/C17H19ClN2O3/c18-14-2-1-12-11-16(21)15(10-13(12)9-14)17(22)19-3-4-20-5-7-23-8-6-20/h1-2,9-11,21H,3-8H2,(H,19,22). The van der Waals surface area contributed by atoms with E-state index in [2.05, 4.69) is 10.2 Å². The van der Waals surface area contributed by atoms with Gasteiger partial charge in [0.15, 0.2) is 0 Å². The van der Waals surface area contributed by atoms with Crippen molar-refractivity contribution in [3.8, 4) is 5.75 Å².